The molecule has 0 saturated heterocycles. The number of carbonyl (C=O) groups excluding carboxylic acids is 2. The van der Waals surface area contributed by atoms with Crippen molar-refractivity contribution in [1.82, 2.24) is 15.2 Å². The van der Waals surface area contributed by atoms with Crippen molar-refractivity contribution in [3.63, 3.8) is 0 Å². The highest BCUT2D eigenvalue weighted by molar-refractivity contribution is 6.31. The van der Waals surface area contributed by atoms with Crippen LogP contribution in [0.3, 0.4) is 0 Å². The summed E-state index contributed by atoms with van der Waals surface area (Å²) in [7, 11) is 0. The minimum absolute atomic E-state index is 0.00782. The number of carbonyl (C=O) groups is 2. The molecule has 0 spiro atoms. The van der Waals surface area contributed by atoms with E-state index in [-0.39, 0.29) is 57.4 Å². The quantitative estimate of drug-likeness (QED) is 0.333. The molecule has 39 heavy (non-hydrogen) atoms. The minimum Gasteiger partial charge on any atom is -0.473 e. The average molecular weight is 578 g/mol. The fourth-order valence-electron chi connectivity index (χ4n) is 5.04. The van der Waals surface area contributed by atoms with Gasteiger partial charge in [-0.25, -0.2) is 8.78 Å². The Morgan fingerprint density at radius 2 is 1.69 bits per heavy atom. The lowest BCUT2D eigenvalue weighted by Crippen LogP contribution is -2.40. The van der Waals surface area contributed by atoms with Gasteiger partial charge in [-0.05, 0) is 68.7 Å². The summed E-state index contributed by atoms with van der Waals surface area (Å²) in [6, 6.07) is 6.60. The first-order chi connectivity index (χ1) is 18.7. The van der Waals surface area contributed by atoms with Gasteiger partial charge in [-0.15, -0.1) is 0 Å². The second kappa shape index (κ2) is 11.5. The van der Waals surface area contributed by atoms with Crippen LogP contribution < -0.4 is 20.8 Å². The minimum atomic E-state index is -0.700. The van der Waals surface area contributed by atoms with E-state index in [9.17, 15) is 23.2 Å². The number of benzene rings is 2. The number of aromatic nitrogens is 1. The van der Waals surface area contributed by atoms with Gasteiger partial charge in [0, 0.05) is 36.2 Å². The van der Waals surface area contributed by atoms with Gasteiger partial charge in [-0.2, -0.15) is 0 Å². The van der Waals surface area contributed by atoms with Crippen molar-refractivity contribution in [2.75, 3.05) is 6.73 Å². The summed E-state index contributed by atoms with van der Waals surface area (Å²) in [6.07, 6.45) is 6.49. The Hall–Kier alpha value is -3.17. The molecule has 11 heteroatoms. The molecule has 7 nitrogen and oxygen atoms in total. The lowest BCUT2D eigenvalue weighted by atomic mass is 9.84. The number of nitrogens with zero attached hydrogens (tertiary/aromatic N) is 1. The van der Waals surface area contributed by atoms with Crippen molar-refractivity contribution in [2.45, 2.75) is 57.0 Å². The molecule has 2 saturated carbocycles. The van der Waals surface area contributed by atoms with E-state index < -0.39 is 23.0 Å². The molecule has 2 aliphatic carbocycles. The van der Waals surface area contributed by atoms with E-state index in [1.165, 1.54) is 18.2 Å². The Labute approximate surface area is 233 Å². The summed E-state index contributed by atoms with van der Waals surface area (Å²) in [5.41, 5.74) is -0.0166. The highest BCUT2D eigenvalue weighted by atomic mass is 35.5. The van der Waals surface area contributed by atoms with E-state index in [4.69, 9.17) is 27.9 Å². The van der Waals surface area contributed by atoms with Gasteiger partial charge in [0.25, 0.3) is 5.91 Å². The van der Waals surface area contributed by atoms with Gasteiger partial charge in [0.15, 0.2) is 6.73 Å². The van der Waals surface area contributed by atoms with E-state index in [1.807, 2.05) is 4.57 Å². The summed E-state index contributed by atoms with van der Waals surface area (Å²) < 4.78 is 34.8. The molecular weight excluding hydrogens is 551 g/mol. The number of hydrogen-bond donors (Lipinski definition) is 2. The molecule has 2 aromatic carbocycles. The summed E-state index contributed by atoms with van der Waals surface area (Å²) >= 11 is 11.6. The Bertz CT molecular complexity index is 1480. The fraction of sp³-hybridized carbons (Fsp3) is 0.393. The number of halogens is 4. The van der Waals surface area contributed by atoms with E-state index in [0.29, 0.717) is 24.8 Å². The average Bonchev–Trinajstić information content (AvgIpc) is 3.74. The van der Waals surface area contributed by atoms with Crippen molar-refractivity contribution < 1.29 is 23.1 Å². The van der Waals surface area contributed by atoms with Gasteiger partial charge >= 0.3 is 0 Å². The number of fused-ring (bicyclic) bond motifs is 1. The van der Waals surface area contributed by atoms with Gasteiger partial charge in [0.2, 0.25) is 11.3 Å². The van der Waals surface area contributed by atoms with Crippen LogP contribution in [0, 0.1) is 17.6 Å². The number of nitrogens with one attached hydrogen (secondary N) is 2. The predicted molar refractivity (Wildman–Crippen MR) is 144 cm³/mol. The number of amides is 2. The maximum atomic E-state index is 14.1. The van der Waals surface area contributed by atoms with Gasteiger partial charge in [-0.3, -0.25) is 14.4 Å². The molecule has 1 heterocycles. The topological polar surface area (TPSA) is 89.4 Å². The van der Waals surface area contributed by atoms with Crippen LogP contribution in [0.25, 0.3) is 10.9 Å². The molecule has 206 valence electrons. The van der Waals surface area contributed by atoms with Crippen molar-refractivity contribution >= 4 is 45.9 Å². The summed E-state index contributed by atoms with van der Waals surface area (Å²) in [5.74, 6) is -1.56. The Balaban J connectivity index is 1.14. The van der Waals surface area contributed by atoms with Crippen molar-refractivity contribution in [2.24, 2.45) is 5.92 Å². The zero-order valence-corrected chi connectivity index (χ0v) is 22.5. The van der Waals surface area contributed by atoms with Crippen LogP contribution in [0.2, 0.25) is 10.0 Å². The zero-order chi connectivity index (χ0) is 27.7. The largest absolute Gasteiger partial charge is 0.473 e. The second-order valence-electron chi connectivity index (χ2n) is 10.2. The van der Waals surface area contributed by atoms with E-state index in [2.05, 4.69) is 10.6 Å². The maximum absolute atomic E-state index is 14.1. The van der Waals surface area contributed by atoms with Crippen LogP contribution in [-0.4, -0.2) is 29.2 Å². The molecule has 1 aromatic heterocycles. The lowest BCUT2D eigenvalue weighted by molar-refractivity contribution is -0.123. The molecule has 0 bridgehead atoms. The molecule has 2 N–H and O–H groups in total. The molecule has 0 atom stereocenters. The standard InChI is InChI=1S/C28H27Cl2F2N3O4/c29-21-8-7-18(10-23(21)31)39-14-33-26(36)9-15-1-3-16(4-2-15)34-28(38)20-13-35(17-5-6-17)25-12-22(30)24(32)11-19(25)27(20)37/h7-8,10-13,15-17H,1-6,9,14H2,(H,33,36)(H,34,38). The van der Waals surface area contributed by atoms with Gasteiger partial charge in [-0.1, -0.05) is 23.2 Å². The van der Waals surface area contributed by atoms with Gasteiger partial charge < -0.3 is 19.9 Å². The Morgan fingerprint density at radius 1 is 0.974 bits per heavy atom. The van der Waals surface area contributed by atoms with Crippen LogP contribution in [0.1, 0.15) is 61.3 Å². The number of rotatable bonds is 8. The number of ether oxygens (including phenoxy) is 1. The third kappa shape index (κ3) is 6.36. The SMILES string of the molecule is O=C(CC1CCC(NC(=O)c2cn(C3CC3)c3cc(Cl)c(F)cc3c2=O)CC1)NCOc1ccc(Cl)c(F)c1. The highest BCUT2D eigenvalue weighted by Crippen LogP contribution is 2.37. The Morgan fingerprint density at radius 3 is 2.38 bits per heavy atom. The van der Waals surface area contributed by atoms with Crippen LogP contribution in [0.5, 0.6) is 5.75 Å². The van der Waals surface area contributed by atoms with Crippen LogP contribution in [0.4, 0.5) is 8.78 Å². The van der Waals surface area contributed by atoms with Crippen LogP contribution in [0.15, 0.2) is 41.3 Å². The van der Waals surface area contributed by atoms with E-state index in [1.54, 1.807) is 6.20 Å². The molecular formula is C28H27Cl2F2N3O4. The lowest BCUT2D eigenvalue weighted by Gasteiger charge is -2.29. The number of pyridine rings is 1. The smallest absolute Gasteiger partial charge is 0.256 e. The van der Waals surface area contributed by atoms with E-state index in [0.717, 1.165) is 37.8 Å². The summed E-state index contributed by atoms with van der Waals surface area (Å²) in [5, 5.41) is 5.68. The van der Waals surface area contributed by atoms with Crippen LogP contribution >= 0.6 is 23.2 Å². The predicted octanol–water partition coefficient (Wildman–Crippen LogP) is 5.75. The first-order valence-electron chi connectivity index (χ1n) is 12.9. The monoisotopic (exact) mass is 577 g/mol. The second-order valence-corrected chi connectivity index (χ2v) is 11.0. The third-order valence-corrected chi connectivity index (χ3v) is 7.91. The third-order valence-electron chi connectivity index (χ3n) is 7.31. The summed E-state index contributed by atoms with van der Waals surface area (Å²) in [4.78, 5) is 38.5. The molecule has 2 aliphatic rings. The van der Waals surface area contributed by atoms with Gasteiger partial charge in [0.05, 0.1) is 15.6 Å². The van der Waals surface area contributed by atoms with Crippen molar-refractivity contribution in [3.8, 4) is 5.75 Å². The molecule has 0 unspecified atom stereocenters. The zero-order valence-electron chi connectivity index (χ0n) is 20.9. The molecule has 3 aromatic rings. The van der Waals surface area contributed by atoms with Gasteiger partial charge in [0.1, 0.15) is 22.9 Å². The molecule has 2 fully saturated rings. The fourth-order valence-corrected chi connectivity index (χ4v) is 5.31. The van der Waals surface area contributed by atoms with Crippen LogP contribution in [-0.2, 0) is 4.79 Å². The first-order valence-corrected chi connectivity index (χ1v) is 13.6. The number of hydrogen-bond acceptors (Lipinski definition) is 4. The van der Waals surface area contributed by atoms with Crippen molar-refractivity contribution in [1.29, 1.82) is 0 Å². The molecule has 2 amide bonds. The molecule has 5 rings (SSSR count). The normalized spacial score (nSPS) is 19.1. The molecule has 0 radical (unpaired) electrons. The van der Waals surface area contributed by atoms with Crippen molar-refractivity contribution in [3.05, 3.63) is 74.0 Å². The maximum Gasteiger partial charge on any atom is 0.256 e. The summed E-state index contributed by atoms with van der Waals surface area (Å²) in [6.45, 7) is -0.0917. The van der Waals surface area contributed by atoms with E-state index >= 15 is 0 Å². The first kappa shape index (κ1) is 27.4. The molecule has 0 aliphatic heterocycles. The Kier molecular flexibility index (Phi) is 8.09. The highest BCUT2D eigenvalue weighted by Gasteiger charge is 2.29.